The van der Waals surface area contributed by atoms with Gasteiger partial charge >= 0.3 is 12.1 Å². The molecule has 3 aromatic rings. The normalized spacial score (nSPS) is 15.5. The highest BCUT2D eigenvalue weighted by atomic mass is 16.6. The summed E-state index contributed by atoms with van der Waals surface area (Å²) < 4.78 is 21.9. The predicted molar refractivity (Wildman–Crippen MR) is 160 cm³/mol. The largest absolute Gasteiger partial charge is 0.496 e. The Morgan fingerprint density at radius 1 is 1.09 bits per heavy atom. The van der Waals surface area contributed by atoms with Crippen LogP contribution in [0.15, 0.2) is 54.6 Å². The Balaban J connectivity index is 1.66. The molecule has 1 aliphatic rings. The van der Waals surface area contributed by atoms with E-state index in [4.69, 9.17) is 18.9 Å². The van der Waals surface area contributed by atoms with Gasteiger partial charge in [-0.1, -0.05) is 24.3 Å². The highest BCUT2D eigenvalue weighted by Gasteiger charge is 2.36. The van der Waals surface area contributed by atoms with Gasteiger partial charge < -0.3 is 29.2 Å². The molecular formula is C32H37N3O8. The fraction of sp³-hybridized carbons (Fsp3) is 0.375. The third kappa shape index (κ3) is 6.82. The molecule has 228 valence electrons. The number of anilines is 1. The SMILES string of the molecule is COC(=O)c1ccc2c(CN3C(=O)[C@@H](NC(=O)[C@H](C)N(C)C(=O)OC(C)(C)C)COc4ccccc43)c(OC)ccc2c1. The van der Waals surface area contributed by atoms with E-state index in [9.17, 15) is 19.2 Å². The molecule has 1 N–H and O–H groups in total. The van der Waals surface area contributed by atoms with Gasteiger partial charge in [-0.3, -0.25) is 14.5 Å². The molecule has 1 aliphatic heterocycles. The number of hydrogen-bond donors (Lipinski definition) is 1. The van der Waals surface area contributed by atoms with Gasteiger partial charge in [-0.05, 0) is 68.8 Å². The van der Waals surface area contributed by atoms with Crippen molar-refractivity contribution in [2.45, 2.75) is 51.9 Å². The Kier molecular flexibility index (Phi) is 9.13. The molecule has 11 heteroatoms. The molecule has 1 heterocycles. The fourth-order valence-corrected chi connectivity index (χ4v) is 4.71. The Morgan fingerprint density at radius 3 is 2.49 bits per heavy atom. The molecule has 0 saturated carbocycles. The molecule has 0 radical (unpaired) electrons. The lowest BCUT2D eigenvalue weighted by molar-refractivity contribution is -0.130. The van der Waals surface area contributed by atoms with Crippen LogP contribution in [-0.2, 0) is 25.6 Å². The van der Waals surface area contributed by atoms with Crippen molar-refractivity contribution >= 4 is 40.3 Å². The van der Waals surface area contributed by atoms with E-state index in [1.54, 1.807) is 88.2 Å². The molecule has 2 atom stereocenters. The summed E-state index contributed by atoms with van der Waals surface area (Å²) in [5, 5.41) is 4.29. The van der Waals surface area contributed by atoms with Crippen molar-refractivity contribution in [2.75, 3.05) is 32.8 Å². The van der Waals surface area contributed by atoms with E-state index in [2.05, 4.69) is 5.32 Å². The summed E-state index contributed by atoms with van der Waals surface area (Å²) in [4.78, 5) is 54.8. The molecule has 11 nitrogen and oxygen atoms in total. The van der Waals surface area contributed by atoms with Crippen LogP contribution < -0.4 is 19.7 Å². The molecule has 0 saturated heterocycles. The lowest BCUT2D eigenvalue weighted by Crippen LogP contribution is -2.55. The third-order valence-corrected chi connectivity index (χ3v) is 7.13. The van der Waals surface area contributed by atoms with Crippen molar-refractivity contribution in [3.8, 4) is 11.5 Å². The Bertz CT molecular complexity index is 1550. The van der Waals surface area contributed by atoms with Gasteiger partial charge in [-0.15, -0.1) is 0 Å². The van der Waals surface area contributed by atoms with Crippen LogP contribution in [-0.4, -0.2) is 74.3 Å². The van der Waals surface area contributed by atoms with Gasteiger partial charge in [0.15, 0.2) is 0 Å². The molecule has 0 aliphatic carbocycles. The molecule has 0 spiro atoms. The summed E-state index contributed by atoms with van der Waals surface area (Å²) in [7, 11) is 4.33. The number of amides is 3. The first-order chi connectivity index (χ1) is 20.3. The predicted octanol–water partition coefficient (Wildman–Crippen LogP) is 4.30. The van der Waals surface area contributed by atoms with Crippen LogP contribution in [0.3, 0.4) is 0 Å². The van der Waals surface area contributed by atoms with Crippen molar-refractivity contribution in [3.05, 3.63) is 65.7 Å². The summed E-state index contributed by atoms with van der Waals surface area (Å²) in [6.07, 6.45) is -0.661. The minimum absolute atomic E-state index is 0.0804. The van der Waals surface area contributed by atoms with Crippen molar-refractivity contribution in [2.24, 2.45) is 0 Å². The van der Waals surface area contributed by atoms with Crippen LogP contribution in [0.1, 0.15) is 43.6 Å². The second-order valence-electron chi connectivity index (χ2n) is 11.2. The molecule has 0 fully saturated rings. The number of likely N-dealkylation sites (N-methyl/N-ethyl adjacent to an activating group) is 1. The number of rotatable bonds is 7. The van der Waals surface area contributed by atoms with Crippen molar-refractivity contribution in [1.82, 2.24) is 10.2 Å². The third-order valence-electron chi connectivity index (χ3n) is 7.13. The zero-order valence-corrected chi connectivity index (χ0v) is 25.4. The molecule has 0 bridgehead atoms. The molecule has 0 aromatic heterocycles. The van der Waals surface area contributed by atoms with E-state index in [1.165, 1.54) is 19.1 Å². The quantitative estimate of drug-likeness (QED) is 0.404. The van der Waals surface area contributed by atoms with E-state index in [-0.39, 0.29) is 13.2 Å². The maximum absolute atomic E-state index is 14.1. The highest BCUT2D eigenvalue weighted by molar-refractivity contribution is 6.03. The first-order valence-corrected chi connectivity index (χ1v) is 13.8. The molecule has 3 aromatic carbocycles. The fourth-order valence-electron chi connectivity index (χ4n) is 4.71. The minimum atomic E-state index is -1.05. The number of carbonyl (C=O) groups excluding carboxylic acids is 4. The lowest BCUT2D eigenvalue weighted by atomic mass is 10.00. The Hall–Kier alpha value is -4.80. The van der Waals surface area contributed by atoms with E-state index in [0.29, 0.717) is 28.3 Å². The van der Waals surface area contributed by atoms with Crippen molar-refractivity contribution < 1.29 is 38.1 Å². The number of nitrogens with one attached hydrogen (secondary N) is 1. The van der Waals surface area contributed by atoms with Gasteiger partial charge in [-0.2, -0.15) is 0 Å². The summed E-state index contributed by atoms with van der Waals surface area (Å²) in [6, 6.07) is 13.9. The number of nitrogens with zero attached hydrogens (tertiary/aromatic N) is 2. The maximum atomic E-state index is 14.1. The van der Waals surface area contributed by atoms with Gasteiger partial charge in [-0.25, -0.2) is 9.59 Å². The monoisotopic (exact) mass is 591 g/mol. The van der Waals surface area contributed by atoms with Crippen LogP contribution in [0.5, 0.6) is 11.5 Å². The van der Waals surface area contributed by atoms with E-state index >= 15 is 0 Å². The second-order valence-corrected chi connectivity index (χ2v) is 11.2. The number of para-hydroxylation sites is 2. The van der Waals surface area contributed by atoms with Crippen molar-refractivity contribution in [1.29, 1.82) is 0 Å². The number of carbonyl (C=O) groups is 4. The van der Waals surface area contributed by atoms with Gasteiger partial charge in [0.05, 0.1) is 32.0 Å². The van der Waals surface area contributed by atoms with Crippen LogP contribution in [0.25, 0.3) is 10.8 Å². The topological polar surface area (TPSA) is 124 Å². The van der Waals surface area contributed by atoms with Crippen LogP contribution >= 0.6 is 0 Å². The van der Waals surface area contributed by atoms with Crippen LogP contribution in [0, 0.1) is 0 Å². The molecule has 4 rings (SSSR count). The summed E-state index contributed by atoms with van der Waals surface area (Å²) in [5.74, 6) is -0.395. The van der Waals surface area contributed by atoms with E-state index < -0.39 is 41.6 Å². The number of esters is 1. The van der Waals surface area contributed by atoms with E-state index in [1.807, 2.05) is 6.07 Å². The first-order valence-electron chi connectivity index (χ1n) is 13.8. The average molecular weight is 592 g/mol. The maximum Gasteiger partial charge on any atom is 0.410 e. The zero-order valence-electron chi connectivity index (χ0n) is 25.4. The summed E-state index contributed by atoms with van der Waals surface area (Å²) in [6.45, 7) is 6.73. The summed E-state index contributed by atoms with van der Waals surface area (Å²) in [5.41, 5.74) is 0.879. The molecule has 0 unspecified atom stereocenters. The van der Waals surface area contributed by atoms with E-state index in [0.717, 1.165) is 10.8 Å². The number of fused-ring (bicyclic) bond motifs is 2. The molecule has 3 amide bonds. The average Bonchev–Trinajstić information content (AvgIpc) is 3.11. The van der Waals surface area contributed by atoms with Crippen LogP contribution in [0.2, 0.25) is 0 Å². The second kappa shape index (κ2) is 12.6. The van der Waals surface area contributed by atoms with Gasteiger partial charge in [0.25, 0.3) is 5.91 Å². The van der Waals surface area contributed by atoms with Crippen LogP contribution in [0.4, 0.5) is 10.5 Å². The molecular weight excluding hydrogens is 554 g/mol. The van der Waals surface area contributed by atoms with Gasteiger partial charge in [0.2, 0.25) is 5.91 Å². The summed E-state index contributed by atoms with van der Waals surface area (Å²) >= 11 is 0. The highest BCUT2D eigenvalue weighted by Crippen LogP contribution is 2.36. The minimum Gasteiger partial charge on any atom is -0.496 e. The smallest absolute Gasteiger partial charge is 0.410 e. The standard InChI is InChI=1S/C32H37N3O8/c1-19(34(5)31(39)43-32(2,3)4)28(36)33-24-18-42-27-11-9-8-10-25(27)35(29(24)37)17-23-22-14-12-21(30(38)41-7)16-20(22)13-15-26(23)40-6/h8-16,19,24H,17-18H2,1-7H3,(H,33,36)/t19-,24-/m0/s1. The Labute approximate surface area is 250 Å². The first kappa shape index (κ1) is 31.1. The number of ether oxygens (including phenoxy) is 4. The Morgan fingerprint density at radius 2 is 1.81 bits per heavy atom. The number of methoxy groups -OCH3 is 2. The van der Waals surface area contributed by atoms with Gasteiger partial charge in [0.1, 0.15) is 35.8 Å². The number of hydrogen-bond acceptors (Lipinski definition) is 8. The molecule has 43 heavy (non-hydrogen) atoms. The lowest BCUT2D eigenvalue weighted by Gasteiger charge is -2.30. The number of benzene rings is 3. The zero-order chi connectivity index (χ0) is 31.5. The van der Waals surface area contributed by atoms with Crippen molar-refractivity contribution in [3.63, 3.8) is 0 Å². The van der Waals surface area contributed by atoms with Gasteiger partial charge in [0, 0.05) is 12.6 Å².